The fourth-order valence-electron chi connectivity index (χ4n) is 2.81. The van der Waals surface area contributed by atoms with Crippen molar-refractivity contribution >= 4 is 27.3 Å². The third-order valence-corrected chi connectivity index (χ3v) is 5.58. The van der Waals surface area contributed by atoms with Crippen LogP contribution in [0.3, 0.4) is 0 Å². The fraction of sp³-hybridized carbons (Fsp3) is 0.562. The highest BCUT2D eigenvalue weighted by atomic mass is 32.2. The second-order valence-electron chi connectivity index (χ2n) is 6.34. The summed E-state index contributed by atoms with van der Waals surface area (Å²) in [6.07, 6.45) is 3.45. The Hall–Kier alpha value is -2.20. The molecular weight excluding hydrogens is 360 g/mol. The van der Waals surface area contributed by atoms with E-state index in [2.05, 4.69) is 10.6 Å². The van der Waals surface area contributed by atoms with Crippen LogP contribution < -0.4 is 10.6 Å². The smallest absolute Gasteiger partial charge is 0.269 e. The molecule has 10 heteroatoms. The van der Waals surface area contributed by atoms with Crippen molar-refractivity contribution in [3.05, 3.63) is 34.4 Å². The van der Waals surface area contributed by atoms with Gasteiger partial charge in [0.2, 0.25) is 15.9 Å². The van der Waals surface area contributed by atoms with Gasteiger partial charge in [-0.3, -0.25) is 14.9 Å². The van der Waals surface area contributed by atoms with Crippen LogP contribution in [-0.4, -0.2) is 55.5 Å². The molecule has 1 amide bonds. The summed E-state index contributed by atoms with van der Waals surface area (Å²) in [5, 5.41) is 16.6. The number of nitro benzene ring substituents is 1. The van der Waals surface area contributed by atoms with E-state index in [4.69, 9.17) is 0 Å². The Balaban J connectivity index is 1.63. The summed E-state index contributed by atoms with van der Waals surface area (Å²) >= 11 is 0. The molecule has 1 aliphatic rings. The molecule has 26 heavy (non-hydrogen) atoms. The van der Waals surface area contributed by atoms with Crippen LogP contribution in [0.25, 0.3) is 0 Å². The maximum atomic E-state index is 12.0. The fourth-order valence-corrected chi connectivity index (χ4v) is 3.69. The van der Waals surface area contributed by atoms with E-state index in [0.29, 0.717) is 45.3 Å². The van der Waals surface area contributed by atoms with Gasteiger partial charge in [0, 0.05) is 49.9 Å². The Kier molecular flexibility index (Phi) is 6.92. The number of nitro groups is 1. The predicted molar refractivity (Wildman–Crippen MR) is 98.4 cm³/mol. The van der Waals surface area contributed by atoms with E-state index in [1.807, 2.05) is 0 Å². The molecule has 0 saturated carbocycles. The third kappa shape index (κ3) is 6.26. The number of hydrogen-bond donors (Lipinski definition) is 2. The van der Waals surface area contributed by atoms with E-state index in [1.54, 1.807) is 12.1 Å². The number of nitrogens with one attached hydrogen (secondary N) is 2. The number of piperidine rings is 1. The van der Waals surface area contributed by atoms with Crippen molar-refractivity contribution in [1.82, 2.24) is 9.62 Å². The van der Waals surface area contributed by atoms with E-state index in [-0.39, 0.29) is 17.6 Å². The van der Waals surface area contributed by atoms with E-state index < -0.39 is 14.9 Å². The second kappa shape index (κ2) is 8.95. The standard InChI is InChI=1S/C16H24N4O5S/c1-26(24,25)19-11-8-14(9-12-19)18-16(21)3-2-10-17-13-4-6-15(7-5-13)20(22)23/h4-7,14,17H,2-3,8-12H2,1H3,(H,18,21). The number of nitrogens with zero attached hydrogens (tertiary/aromatic N) is 2. The average Bonchev–Trinajstić information content (AvgIpc) is 2.59. The van der Waals surface area contributed by atoms with Gasteiger partial charge in [-0.25, -0.2) is 12.7 Å². The number of amides is 1. The first-order chi connectivity index (χ1) is 12.3. The zero-order valence-corrected chi connectivity index (χ0v) is 15.5. The molecule has 0 atom stereocenters. The molecule has 2 N–H and O–H groups in total. The van der Waals surface area contributed by atoms with E-state index in [1.165, 1.54) is 22.7 Å². The number of hydrogen-bond acceptors (Lipinski definition) is 6. The number of sulfonamides is 1. The minimum atomic E-state index is -3.15. The summed E-state index contributed by atoms with van der Waals surface area (Å²) in [4.78, 5) is 22.1. The molecule has 1 fully saturated rings. The number of benzene rings is 1. The first-order valence-corrected chi connectivity index (χ1v) is 10.3. The van der Waals surface area contributed by atoms with E-state index in [0.717, 1.165) is 5.69 Å². The molecule has 144 valence electrons. The first kappa shape index (κ1) is 20.1. The minimum absolute atomic E-state index is 0.0168. The predicted octanol–water partition coefficient (Wildman–Crippen LogP) is 1.33. The average molecular weight is 384 g/mol. The molecule has 0 aromatic heterocycles. The lowest BCUT2D eigenvalue weighted by Crippen LogP contribution is -2.46. The zero-order valence-electron chi connectivity index (χ0n) is 14.7. The van der Waals surface area contributed by atoms with Gasteiger partial charge in [-0.1, -0.05) is 0 Å². The number of non-ortho nitro benzene ring substituents is 1. The van der Waals surface area contributed by atoms with Crippen molar-refractivity contribution in [1.29, 1.82) is 0 Å². The topological polar surface area (TPSA) is 122 Å². The van der Waals surface area contributed by atoms with Crippen LogP contribution in [0.4, 0.5) is 11.4 Å². The first-order valence-electron chi connectivity index (χ1n) is 8.48. The Morgan fingerprint density at radius 1 is 1.27 bits per heavy atom. The molecule has 1 aromatic carbocycles. The molecule has 1 aromatic rings. The lowest BCUT2D eigenvalue weighted by molar-refractivity contribution is -0.384. The Labute approximate surface area is 153 Å². The van der Waals surface area contributed by atoms with Crippen molar-refractivity contribution in [3.8, 4) is 0 Å². The number of carbonyl (C=O) groups excluding carboxylic acids is 1. The number of rotatable bonds is 8. The minimum Gasteiger partial charge on any atom is -0.385 e. The highest BCUT2D eigenvalue weighted by Crippen LogP contribution is 2.16. The van der Waals surface area contributed by atoms with Crippen molar-refractivity contribution < 1.29 is 18.1 Å². The third-order valence-electron chi connectivity index (χ3n) is 4.28. The molecule has 1 saturated heterocycles. The number of carbonyl (C=O) groups is 1. The van der Waals surface area contributed by atoms with Crippen LogP contribution in [0.5, 0.6) is 0 Å². The van der Waals surface area contributed by atoms with Gasteiger partial charge in [0.25, 0.3) is 5.69 Å². The number of anilines is 1. The Morgan fingerprint density at radius 2 is 1.88 bits per heavy atom. The summed E-state index contributed by atoms with van der Waals surface area (Å²) in [5.41, 5.74) is 0.806. The quantitative estimate of drug-likeness (QED) is 0.396. The summed E-state index contributed by atoms with van der Waals surface area (Å²) in [7, 11) is -3.15. The molecule has 0 spiro atoms. The van der Waals surface area contributed by atoms with Crippen LogP contribution in [0.15, 0.2) is 24.3 Å². The van der Waals surface area contributed by atoms with Crippen LogP contribution in [0.2, 0.25) is 0 Å². The van der Waals surface area contributed by atoms with Crippen molar-refractivity contribution in [3.63, 3.8) is 0 Å². The molecule has 0 radical (unpaired) electrons. The van der Waals surface area contributed by atoms with Gasteiger partial charge in [0.1, 0.15) is 0 Å². The van der Waals surface area contributed by atoms with E-state index in [9.17, 15) is 23.3 Å². The lowest BCUT2D eigenvalue weighted by atomic mass is 10.1. The van der Waals surface area contributed by atoms with Crippen LogP contribution in [0.1, 0.15) is 25.7 Å². The van der Waals surface area contributed by atoms with Crippen molar-refractivity contribution in [2.75, 3.05) is 31.2 Å². The van der Waals surface area contributed by atoms with Gasteiger partial charge in [-0.05, 0) is 31.4 Å². The maximum absolute atomic E-state index is 12.0. The van der Waals surface area contributed by atoms with E-state index >= 15 is 0 Å². The monoisotopic (exact) mass is 384 g/mol. The van der Waals surface area contributed by atoms with Gasteiger partial charge in [0.15, 0.2) is 0 Å². The summed E-state index contributed by atoms with van der Waals surface area (Å²) in [5.74, 6) is -0.0479. The molecule has 1 heterocycles. The van der Waals surface area contributed by atoms with Crippen molar-refractivity contribution in [2.24, 2.45) is 0 Å². The zero-order chi connectivity index (χ0) is 19.2. The molecule has 1 aliphatic heterocycles. The normalized spacial score (nSPS) is 16.2. The molecule has 9 nitrogen and oxygen atoms in total. The summed E-state index contributed by atoms with van der Waals surface area (Å²) in [6.45, 7) is 1.45. The second-order valence-corrected chi connectivity index (χ2v) is 8.32. The van der Waals surface area contributed by atoms with Crippen LogP contribution in [-0.2, 0) is 14.8 Å². The highest BCUT2D eigenvalue weighted by molar-refractivity contribution is 7.88. The van der Waals surface area contributed by atoms with Gasteiger partial charge in [0.05, 0.1) is 11.2 Å². The Bertz CT molecular complexity index is 728. The SMILES string of the molecule is CS(=O)(=O)N1CCC(NC(=O)CCCNc2ccc([N+](=O)[O-])cc2)CC1. The largest absolute Gasteiger partial charge is 0.385 e. The molecule has 2 rings (SSSR count). The molecule has 0 aliphatic carbocycles. The molecule has 0 unspecified atom stereocenters. The highest BCUT2D eigenvalue weighted by Gasteiger charge is 2.25. The lowest BCUT2D eigenvalue weighted by Gasteiger charge is -2.30. The van der Waals surface area contributed by atoms with Gasteiger partial charge >= 0.3 is 0 Å². The van der Waals surface area contributed by atoms with Gasteiger partial charge in [-0.2, -0.15) is 0 Å². The summed E-state index contributed by atoms with van der Waals surface area (Å²) in [6, 6.07) is 6.14. The van der Waals surface area contributed by atoms with Gasteiger partial charge < -0.3 is 10.6 Å². The summed E-state index contributed by atoms with van der Waals surface area (Å²) < 4.78 is 24.3. The van der Waals surface area contributed by atoms with Crippen molar-refractivity contribution in [2.45, 2.75) is 31.7 Å². The Morgan fingerprint density at radius 3 is 2.42 bits per heavy atom. The molecular formula is C16H24N4O5S. The molecule has 0 bridgehead atoms. The maximum Gasteiger partial charge on any atom is 0.269 e. The van der Waals surface area contributed by atoms with Gasteiger partial charge in [-0.15, -0.1) is 0 Å². The van der Waals surface area contributed by atoms with Crippen LogP contribution >= 0.6 is 0 Å². The van der Waals surface area contributed by atoms with Crippen LogP contribution in [0, 0.1) is 10.1 Å².